The molecular formula is C12H14BrN3O3. The van der Waals surface area contributed by atoms with Crippen LogP contribution in [-0.2, 0) is 0 Å². The summed E-state index contributed by atoms with van der Waals surface area (Å²) in [6, 6.07) is 2.73. The Balaban J connectivity index is 2.98. The lowest BCUT2D eigenvalue weighted by molar-refractivity contribution is 0.249. The Morgan fingerprint density at radius 2 is 2.32 bits per heavy atom. The van der Waals surface area contributed by atoms with Gasteiger partial charge in [0, 0.05) is 10.0 Å². The van der Waals surface area contributed by atoms with E-state index in [9.17, 15) is 4.79 Å². The second-order valence-electron chi connectivity index (χ2n) is 3.36. The first-order valence-electron chi connectivity index (χ1n) is 5.28. The van der Waals surface area contributed by atoms with E-state index in [0.29, 0.717) is 23.7 Å². The van der Waals surface area contributed by atoms with Gasteiger partial charge in [-0.05, 0) is 28.1 Å². The van der Waals surface area contributed by atoms with Gasteiger partial charge in [0.05, 0.1) is 13.3 Å². The van der Waals surface area contributed by atoms with E-state index >= 15 is 0 Å². The Morgan fingerprint density at radius 3 is 2.89 bits per heavy atom. The van der Waals surface area contributed by atoms with Crippen LogP contribution in [0.25, 0.3) is 0 Å². The lowest BCUT2D eigenvalue weighted by Gasteiger charge is -2.11. The highest BCUT2D eigenvalue weighted by atomic mass is 79.9. The average Bonchev–Trinajstić information content (AvgIpc) is 2.38. The number of nitrogens with one attached hydrogen (secondary N) is 1. The number of primary amides is 1. The largest absolute Gasteiger partial charge is 0.493 e. The molecule has 3 N–H and O–H groups in total. The van der Waals surface area contributed by atoms with Crippen LogP contribution in [-0.4, -0.2) is 26.0 Å². The third kappa shape index (κ3) is 4.63. The van der Waals surface area contributed by atoms with E-state index in [-0.39, 0.29) is 0 Å². The molecule has 0 aliphatic carbocycles. The summed E-state index contributed by atoms with van der Waals surface area (Å²) in [7, 11) is 1.53. The number of amides is 2. The standard InChI is InChI=1S/C12H14BrN3O3/c1-3-4-19-11-6-9(13)8(5-10(11)18-2)7-15-16-12(14)17/h3,5-7H,1,4H2,2H3,(H3,14,16,17)/b15-7+. The molecule has 0 spiro atoms. The zero-order valence-corrected chi connectivity index (χ0v) is 11.9. The minimum atomic E-state index is -0.731. The summed E-state index contributed by atoms with van der Waals surface area (Å²) in [5.74, 6) is 1.12. The number of nitrogens with zero attached hydrogens (tertiary/aromatic N) is 1. The fraction of sp³-hybridized carbons (Fsp3) is 0.167. The van der Waals surface area contributed by atoms with Crippen LogP contribution in [0.5, 0.6) is 11.5 Å². The summed E-state index contributed by atoms with van der Waals surface area (Å²) in [6.07, 6.45) is 3.08. The van der Waals surface area contributed by atoms with Crippen molar-refractivity contribution in [3.8, 4) is 11.5 Å². The van der Waals surface area contributed by atoms with E-state index in [0.717, 1.165) is 4.47 Å². The van der Waals surface area contributed by atoms with Crippen LogP contribution in [0.3, 0.4) is 0 Å². The highest BCUT2D eigenvalue weighted by molar-refractivity contribution is 9.10. The number of methoxy groups -OCH3 is 1. The van der Waals surface area contributed by atoms with Gasteiger partial charge in [0.1, 0.15) is 6.61 Å². The van der Waals surface area contributed by atoms with Crippen LogP contribution < -0.4 is 20.6 Å². The molecule has 0 unspecified atom stereocenters. The van der Waals surface area contributed by atoms with Crippen molar-refractivity contribution < 1.29 is 14.3 Å². The van der Waals surface area contributed by atoms with Crippen molar-refractivity contribution in [3.05, 3.63) is 34.8 Å². The zero-order chi connectivity index (χ0) is 14.3. The van der Waals surface area contributed by atoms with Crippen LogP contribution in [0.1, 0.15) is 5.56 Å². The average molecular weight is 328 g/mol. The van der Waals surface area contributed by atoms with E-state index < -0.39 is 6.03 Å². The number of hydrazone groups is 1. The van der Waals surface area contributed by atoms with Crippen molar-refractivity contribution in [1.29, 1.82) is 0 Å². The number of benzene rings is 1. The number of rotatable bonds is 6. The predicted octanol–water partition coefficient (Wildman–Crippen LogP) is 2.02. The fourth-order valence-corrected chi connectivity index (χ4v) is 1.66. The quantitative estimate of drug-likeness (QED) is 0.476. The number of carbonyl (C=O) groups excluding carboxylic acids is 1. The number of halogens is 1. The van der Waals surface area contributed by atoms with Gasteiger partial charge < -0.3 is 15.2 Å². The molecule has 0 bridgehead atoms. The van der Waals surface area contributed by atoms with Crippen molar-refractivity contribution in [2.45, 2.75) is 0 Å². The van der Waals surface area contributed by atoms with Crippen molar-refractivity contribution in [2.75, 3.05) is 13.7 Å². The van der Waals surface area contributed by atoms with Gasteiger partial charge in [-0.25, -0.2) is 10.2 Å². The molecule has 1 rings (SSSR count). The summed E-state index contributed by atoms with van der Waals surface area (Å²) in [5.41, 5.74) is 7.71. The minimum absolute atomic E-state index is 0.374. The Hall–Kier alpha value is -2.02. The molecule has 1 aromatic carbocycles. The SMILES string of the molecule is C=CCOc1cc(Br)c(/C=N/NC(N)=O)cc1OC. The van der Waals surface area contributed by atoms with Crippen molar-refractivity contribution >= 4 is 28.2 Å². The van der Waals surface area contributed by atoms with Crippen LogP contribution in [0.4, 0.5) is 4.79 Å². The lowest BCUT2D eigenvalue weighted by Crippen LogP contribution is -2.24. The number of carbonyl (C=O) groups is 1. The van der Waals surface area contributed by atoms with E-state index in [2.05, 4.69) is 33.0 Å². The van der Waals surface area contributed by atoms with Gasteiger partial charge in [0.2, 0.25) is 0 Å². The summed E-state index contributed by atoms with van der Waals surface area (Å²) >= 11 is 3.37. The molecule has 0 aliphatic heterocycles. The zero-order valence-electron chi connectivity index (χ0n) is 10.4. The second kappa shape index (κ2) is 7.42. The van der Waals surface area contributed by atoms with Crippen LogP contribution >= 0.6 is 15.9 Å². The third-order valence-electron chi connectivity index (χ3n) is 2.02. The summed E-state index contributed by atoms with van der Waals surface area (Å²) in [5, 5.41) is 3.68. The first-order valence-corrected chi connectivity index (χ1v) is 6.07. The van der Waals surface area contributed by atoms with Gasteiger partial charge in [0.25, 0.3) is 0 Å². The number of ether oxygens (including phenoxy) is 2. The second-order valence-corrected chi connectivity index (χ2v) is 4.21. The molecule has 0 saturated carbocycles. The van der Waals surface area contributed by atoms with E-state index in [1.807, 2.05) is 0 Å². The number of hydrogen-bond donors (Lipinski definition) is 2. The predicted molar refractivity (Wildman–Crippen MR) is 76.7 cm³/mol. The van der Waals surface area contributed by atoms with Crippen LogP contribution in [0.15, 0.2) is 34.4 Å². The molecule has 0 aromatic heterocycles. The van der Waals surface area contributed by atoms with Gasteiger partial charge in [-0.15, -0.1) is 0 Å². The maximum Gasteiger partial charge on any atom is 0.332 e. The van der Waals surface area contributed by atoms with Crippen molar-refractivity contribution in [2.24, 2.45) is 10.8 Å². The molecule has 0 aliphatic rings. The maximum absolute atomic E-state index is 10.5. The number of urea groups is 1. The molecule has 1 aromatic rings. The minimum Gasteiger partial charge on any atom is -0.493 e. The first-order chi connectivity index (χ1) is 9.08. The fourth-order valence-electron chi connectivity index (χ4n) is 1.24. The Kier molecular flexibility index (Phi) is 5.87. The van der Waals surface area contributed by atoms with Crippen LogP contribution in [0, 0.1) is 0 Å². The molecule has 0 fully saturated rings. The molecule has 0 atom stereocenters. The van der Waals surface area contributed by atoms with Crippen molar-refractivity contribution in [3.63, 3.8) is 0 Å². The molecular weight excluding hydrogens is 314 g/mol. The molecule has 7 heteroatoms. The first kappa shape index (κ1) is 15.0. The van der Waals surface area contributed by atoms with Gasteiger partial charge in [-0.2, -0.15) is 5.10 Å². The molecule has 19 heavy (non-hydrogen) atoms. The summed E-state index contributed by atoms with van der Waals surface area (Å²) in [4.78, 5) is 10.5. The normalized spacial score (nSPS) is 10.2. The van der Waals surface area contributed by atoms with Gasteiger partial charge in [-0.3, -0.25) is 0 Å². The number of hydrogen-bond acceptors (Lipinski definition) is 4. The Labute approximate surface area is 119 Å². The van der Waals surface area contributed by atoms with Gasteiger partial charge >= 0.3 is 6.03 Å². The highest BCUT2D eigenvalue weighted by Crippen LogP contribution is 2.32. The summed E-state index contributed by atoms with van der Waals surface area (Å²) < 4.78 is 11.4. The molecule has 2 amide bonds. The molecule has 0 saturated heterocycles. The number of nitrogens with two attached hydrogens (primary N) is 1. The molecule has 102 valence electrons. The van der Waals surface area contributed by atoms with E-state index in [1.165, 1.54) is 13.3 Å². The highest BCUT2D eigenvalue weighted by Gasteiger charge is 2.08. The van der Waals surface area contributed by atoms with E-state index in [4.69, 9.17) is 15.2 Å². The smallest absolute Gasteiger partial charge is 0.332 e. The van der Waals surface area contributed by atoms with Gasteiger partial charge in [-0.1, -0.05) is 12.7 Å². The Morgan fingerprint density at radius 1 is 1.58 bits per heavy atom. The monoisotopic (exact) mass is 327 g/mol. The molecule has 0 radical (unpaired) electrons. The lowest BCUT2D eigenvalue weighted by atomic mass is 10.2. The van der Waals surface area contributed by atoms with Crippen molar-refractivity contribution in [1.82, 2.24) is 5.43 Å². The third-order valence-corrected chi connectivity index (χ3v) is 2.70. The van der Waals surface area contributed by atoms with E-state index in [1.54, 1.807) is 18.2 Å². The Bertz CT molecular complexity index is 503. The van der Waals surface area contributed by atoms with Crippen LogP contribution in [0.2, 0.25) is 0 Å². The summed E-state index contributed by atoms with van der Waals surface area (Å²) in [6.45, 7) is 3.95. The maximum atomic E-state index is 10.5. The molecule has 6 nitrogen and oxygen atoms in total. The molecule has 0 heterocycles. The van der Waals surface area contributed by atoms with Gasteiger partial charge in [0.15, 0.2) is 11.5 Å². The topological polar surface area (TPSA) is 85.9 Å².